The van der Waals surface area contributed by atoms with Gasteiger partial charge in [0.25, 0.3) is 0 Å². The highest BCUT2D eigenvalue weighted by Crippen LogP contribution is 1.80. The Morgan fingerprint density at radius 1 is 1.60 bits per heavy atom. The Bertz CT molecular complexity index is 150. The van der Waals surface area contributed by atoms with Gasteiger partial charge in [0.1, 0.15) is 0 Å². The van der Waals surface area contributed by atoms with E-state index >= 15 is 0 Å². The minimum absolute atomic E-state index is 0.360. The minimum Gasteiger partial charge on any atom is -0.466 e. The van der Waals surface area contributed by atoms with Crippen molar-refractivity contribution in [3.05, 3.63) is 12.7 Å². The summed E-state index contributed by atoms with van der Waals surface area (Å²) in [6.07, 6.45) is 0.975. The predicted molar refractivity (Wildman–Crippen MR) is 33.2 cm³/mol. The van der Waals surface area contributed by atoms with Crippen LogP contribution in [0.5, 0.6) is 0 Å². The van der Waals surface area contributed by atoms with Crippen molar-refractivity contribution in [1.29, 1.82) is 0 Å². The Hall–Kier alpha value is -1.32. The lowest BCUT2D eigenvalue weighted by Gasteiger charge is -1.97. The second-order valence-electron chi connectivity index (χ2n) is 1.39. The molecule has 0 radical (unpaired) electrons. The summed E-state index contributed by atoms with van der Waals surface area (Å²) in [5, 5.41) is 0. The molecular formula is C6H8O4. The van der Waals surface area contributed by atoms with Gasteiger partial charge in [-0.1, -0.05) is 6.58 Å². The van der Waals surface area contributed by atoms with Crippen molar-refractivity contribution in [2.24, 2.45) is 0 Å². The Morgan fingerprint density at radius 2 is 2.20 bits per heavy atom. The molecule has 4 nitrogen and oxygen atoms in total. The molecular weight excluding hydrogens is 136 g/mol. The van der Waals surface area contributed by atoms with Crippen LogP contribution in [0, 0.1) is 0 Å². The van der Waals surface area contributed by atoms with Crippen molar-refractivity contribution in [2.45, 2.75) is 0 Å². The minimum atomic E-state index is -0.634. The van der Waals surface area contributed by atoms with Crippen LogP contribution in [0.1, 0.15) is 0 Å². The quantitative estimate of drug-likeness (QED) is 0.409. The Kier molecular flexibility index (Phi) is 3.95. The molecule has 0 aromatic rings. The SMILES string of the molecule is C=CC(=O)OCC(=O)OC. The van der Waals surface area contributed by atoms with E-state index in [2.05, 4.69) is 16.1 Å². The lowest BCUT2D eigenvalue weighted by molar-refractivity contribution is -0.154. The maximum absolute atomic E-state index is 10.3. The fourth-order valence-corrected chi connectivity index (χ4v) is 0.248. The number of carbonyl (C=O) groups excluding carboxylic acids is 2. The Labute approximate surface area is 58.4 Å². The normalized spacial score (nSPS) is 8.10. The van der Waals surface area contributed by atoms with E-state index in [1.165, 1.54) is 7.11 Å². The van der Waals surface area contributed by atoms with Gasteiger partial charge < -0.3 is 9.47 Å². The van der Waals surface area contributed by atoms with Gasteiger partial charge in [0.2, 0.25) is 0 Å². The molecule has 0 saturated carbocycles. The third-order valence-electron chi connectivity index (χ3n) is 0.727. The molecule has 0 aliphatic heterocycles. The second-order valence-corrected chi connectivity index (χ2v) is 1.39. The molecule has 56 valence electrons. The van der Waals surface area contributed by atoms with Gasteiger partial charge in [0, 0.05) is 6.08 Å². The summed E-state index contributed by atoms with van der Waals surface area (Å²) in [6.45, 7) is 2.78. The molecule has 0 saturated heterocycles. The van der Waals surface area contributed by atoms with Crippen molar-refractivity contribution in [2.75, 3.05) is 13.7 Å². The summed E-state index contributed by atoms with van der Waals surface area (Å²) in [7, 11) is 1.21. The van der Waals surface area contributed by atoms with Crippen molar-refractivity contribution < 1.29 is 19.1 Å². The molecule has 0 heterocycles. The van der Waals surface area contributed by atoms with Crippen LogP contribution in [-0.2, 0) is 19.1 Å². The molecule has 0 fully saturated rings. The molecule has 0 aliphatic carbocycles. The van der Waals surface area contributed by atoms with Crippen molar-refractivity contribution in [3.63, 3.8) is 0 Å². The van der Waals surface area contributed by atoms with E-state index in [1.807, 2.05) is 0 Å². The zero-order chi connectivity index (χ0) is 7.98. The van der Waals surface area contributed by atoms with Gasteiger partial charge >= 0.3 is 11.9 Å². The van der Waals surface area contributed by atoms with Crippen LogP contribution in [-0.4, -0.2) is 25.7 Å². The number of esters is 2. The third kappa shape index (κ3) is 3.65. The van der Waals surface area contributed by atoms with Gasteiger partial charge in [-0.3, -0.25) is 0 Å². The van der Waals surface area contributed by atoms with Gasteiger partial charge in [-0.05, 0) is 0 Å². The average molecular weight is 144 g/mol. The van der Waals surface area contributed by atoms with Gasteiger partial charge in [0.15, 0.2) is 6.61 Å². The summed E-state index contributed by atoms with van der Waals surface area (Å²) < 4.78 is 8.51. The van der Waals surface area contributed by atoms with E-state index in [1.54, 1.807) is 0 Å². The van der Waals surface area contributed by atoms with Crippen molar-refractivity contribution >= 4 is 11.9 Å². The first kappa shape index (κ1) is 8.68. The molecule has 10 heavy (non-hydrogen) atoms. The highest BCUT2D eigenvalue weighted by atomic mass is 16.6. The van der Waals surface area contributed by atoms with E-state index in [-0.39, 0.29) is 6.61 Å². The number of hydrogen-bond acceptors (Lipinski definition) is 4. The summed E-state index contributed by atoms with van der Waals surface area (Å²) >= 11 is 0. The molecule has 0 aromatic heterocycles. The molecule has 0 aromatic carbocycles. The predicted octanol–water partition coefficient (Wildman–Crippen LogP) is -0.111. The van der Waals surface area contributed by atoms with Crippen LogP contribution in [0.3, 0.4) is 0 Å². The van der Waals surface area contributed by atoms with Crippen LogP contribution in [0.15, 0.2) is 12.7 Å². The van der Waals surface area contributed by atoms with Crippen LogP contribution >= 0.6 is 0 Å². The first-order valence-electron chi connectivity index (χ1n) is 2.56. The Balaban J connectivity index is 3.44. The van der Waals surface area contributed by atoms with E-state index < -0.39 is 11.9 Å². The van der Waals surface area contributed by atoms with Crippen LogP contribution in [0.2, 0.25) is 0 Å². The lowest BCUT2D eigenvalue weighted by Crippen LogP contribution is -2.13. The molecule has 0 rings (SSSR count). The summed E-state index contributed by atoms with van der Waals surface area (Å²) in [5.74, 6) is -1.22. The van der Waals surface area contributed by atoms with Crippen molar-refractivity contribution in [1.82, 2.24) is 0 Å². The van der Waals surface area contributed by atoms with E-state index in [4.69, 9.17) is 0 Å². The standard InChI is InChI=1S/C6H8O4/c1-3-5(7)10-4-6(8)9-2/h3H,1,4H2,2H3. The van der Waals surface area contributed by atoms with Gasteiger partial charge in [-0.25, -0.2) is 9.59 Å². The number of ether oxygens (including phenoxy) is 2. The van der Waals surface area contributed by atoms with Gasteiger partial charge in [-0.2, -0.15) is 0 Å². The molecule has 0 bridgehead atoms. The van der Waals surface area contributed by atoms with Crippen LogP contribution in [0.25, 0.3) is 0 Å². The zero-order valence-corrected chi connectivity index (χ0v) is 5.62. The molecule has 0 amide bonds. The van der Waals surface area contributed by atoms with E-state index in [0.717, 1.165) is 6.08 Å². The molecule has 4 heteroatoms. The largest absolute Gasteiger partial charge is 0.466 e. The average Bonchev–Trinajstić information content (AvgIpc) is 1.99. The third-order valence-corrected chi connectivity index (χ3v) is 0.727. The summed E-state index contributed by atoms with van der Waals surface area (Å²) in [6, 6.07) is 0. The van der Waals surface area contributed by atoms with E-state index in [9.17, 15) is 9.59 Å². The molecule has 0 spiro atoms. The fraction of sp³-hybridized carbons (Fsp3) is 0.333. The number of methoxy groups -OCH3 is 1. The smallest absolute Gasteiger partial charge is 0.344 e. The second kappa shape index (κ2) is 4.55. The highest BCUT2D eigenvalue weighted by molar-refractivity contribution is 5.83. The van der Waals surface area contributed by atoms with Crippen LogP contribution < -0.4 is 0 Å². The monoisotopic (exact) mass is 144 g/mol. The number of carbonyl (C=O) groups is 2. The van der Waals surface area contributed by atoms with Crippen LogP contribution in [0.4, 0.5) is 0 Å². The molecule has 0 unspecified atom stereocenters. The van der Waals surface area contributed by atoms with Gasteiger partial charge in [0.05, 0.1) is 7.11 Å². The first-order valence-corrected chi connectivity index (χ1v) is 2.56. The first-order chi connectivity index (χ1) is 4.70. The molecule has 0 aliphatic rings. The Morgan fingerprint density at radius 3 is 2.60 bits per heavy atom. The number of hydrogen-bond donors (Lipinski definition) is 0. The number of rotatable bonds is 3. The zero-order valence-electron chi connectivity index (χ0n) is 5.62. The maximum Gasteiger partial charge on any atom is 0.344 e. The fourth-order valence-electron chi connectivity index (χ4n) is 0.248. The topological polar surface area (TPSA) is 52.6 Å². The summed E-state index contributed by atoms with van der Waals surface area (Å²) in [4.78, 5) is 20.6. The molecule has 0 atom stereocenters. The summed E-state index contributed by atoms with van der Waals surface area (Å²) in [5.41, 5.74) is 0. The van der Waals surface area contributed by atoms with Crippen molar-refractivity contribution in [3.8, 4) is 0 Å². The van der Waals surface area contributed by atoms with E-state index in [0.29, 0.717) is 0 Å². The highest BCUT2D eigenvalue weighted by Gasteiger charge is 2.01. The molecule has 0 N–H and O–H groups in total. The maximum atomic E-state index is 10.3. The lowest BCUT2D eigenvalue weighted by atomic mass is 10.6. The van der Waals surface area contributed by atoms with Gasteiger partial charge in [-0.15, -0.1) is 0 Å².